The largest absolute Gasteiger partial charge is 0.469 e. The smallest absolute Gasteiger partial charge is 0.307 e. The Hall–Kier alpha value is -3.79. The third-order valence-electron chi connectivity index (χ3n) is 4.70. The maximum atomic E-state index is 13.2. The van der Waals surface area contributed by atoms with Gasteiger partial charge in [0.15, 0.2) is 0 Å². The Bertz CT molecular complexity index is 1230. The predicted octanol–water partition coefficient (Wildman–Crippen LogP) is 3.80. The van der Waals surface area contributed by atoms with E-state index < -0.39 is 39.6 Å². The van der Waals surface area contributed by atoms with Gasteiger partial charge in [0.25, 0.3) is 15.9 Å². The first kappa shape index (κ1) is 23.9. The molecule has 0 heterocycles. The van der Waals surface area contributed by atoms with E-state index in [2.05, 4.69) is 14.8 Å². The molecule has 0 aliphatic carbocycles. The lowest BCUT2D eigenvalue weighted by Crippen LogP contribution is -2.30. The van der Waals surface area contributed by atoms with E-state index in [0.717, 1.165) is 12.1 Å². The fourth-order valence-corrected chi connectivity index (χ4v) is 4.01. The highest BCUT2D eigenvalue weighted by atomic mass is 32.2. The van der Waals surface area contributed by atoms with E-state index in [-0.39, 0.29) is 22.6 Å². The summed E-state index contributed by atoms with van der Waals surface area (Å²) in [7, 11) is -2.75. The lowest BCUT2D eigenvalue weighted by Gasteiger charge is -2.18. The van der Waals surface area contributed by atoms with Crippen LogP contribution in [0, 0.1) is 11.6 Å². The van der Waals surface area contributed by atoms with Gasteiger partial charge >= 0.3 is 5.97 Å². The first-order valence-electron chi connectivity index (χ1n) is 9.69. The molecule has 172 valence electrons. The van der Waals surface area contributed by atoms with Crippen LogP contribution in [0.1, 0.15) is 28.4 Å². The summed E-state index contributed by atoms with van der Waals surface area (Å²) in [6.07, 6.45) is -0.179. The van der Waals surface area contributed by atoms with Gasteiger partial charge in [-0.2, -0.15) is 0 Å². The SMILES string of the molecule is COC(=O)CC(NC(=O)c1ccc(S(=O)(=O)Nc2ccc(F)cc2)cc1)c1ccc(F)cc1. The lowest BCUT2D eigenvalue weighted by atomic mass is 10.0. The van der Waals surface area contributed by atoms with Gasteiger partial charge < -0.3 is 10.1 Å². The maximum Gasteiger partial charge on any atom is 0.307 e. The van der Waals surface area contributed by atoms with Gasteiger partial charge in [-0.3, -0.25) is 14.3 Å². The zero-order valence-electron chi connectivity index (χ0n) is 17.4. The fourth-order valence-electron chi connectivity index (χ4n) is 2.96. The number of halogens is 2. The number of rotatable bonds is 8. The molecule has 3 aromatic carbocycles. The standard InChI is InChI=1S/C23H20F2N2O5S/c1-32-22(28)14-21(15-2-6-17(24)7-3-15)26-23(29)16-4-12-20(13-5-16)33(30,31)27-19-10-8-18(25)9-11-19/h2-13,21,27H,14H2,1H3,(H,26,29). The molecule has 0 aliphatic rings. The minimum Gasteiger partial charge on any atom is -0.469 e. The van der Waals surface area contributed by atoms with Crippen molar-refractivity contribution in [1.29, 1.82) is 0 Å². The van der Waals surface area contributed by atoms with Crippen molar-refractivity contribution >= 4 is 27.6 Å². The number of hydrogen-bond acceptors (Lipinski definition) is 5. The van der Waals surface area contributed by atoms with Gasteiger partial charge in [-0.05, 0) is 66.2 Å². The summed E-state index contributed by atoms with van der Waals surface area (Å²) in [6, 6.07) is 14.4. The minimum atomic E-state index is -3.96. The van der Waals surface area contributed by atoms with Crippen LogP contribution in [0.15, 0.2) is 77.7 Å². The Morgan fingerprint density at radius 1 is 0.879 bits per heavy atom. The molecule has 0 fully saturated rings. The molecule has 3 aromatic rings. The third kappa shape index (κ3) is 6.36. The highest BCUT2D eigenvalue weighted by Crippen LogP contribution is 2.20. The van der Waals surface area contributed by atoms with Gasteiger partial charge in [0.1, 0.15) is 11.6 Å². The van der Waals surface area contributed by atoms with Crippen molar-refractivity contribution < 1.29 is 31.5 Å². The van der Waals surface area contributed by atoms with Crippen LogP contribution in [0.4, 0.5) is 14.5 Å². The quantitative estimate of drug-likeness (QED) is 0.484. The Kier molecular flexibility index (Phi) is 7.39. The average Bonchev–Trinajstić information content (AvgIpc) is 2.80. The number of ether oxygens (including phenoxy) is 1. The second-order valence-corrected chi connectivity index (χ2v) is 8.68. The highest BCUT2D eigenvalue weighted by Gasteiger charge is 2.21. The Morgan fingerprint density at radius 2 is 1.42 bits per heavy atom. The second kappa shape index (κ2) is 10.2. The van der Waals surface area contributed by atoms with Crippen LogP contribution in [0.2, 0.25) is 0 Å². The summed E-state index contributed by atoms with van der Waals surface area (Å²) in [4.78, 5) is 24.4. The van der Waals surface area contributed by atoms with E-state index in [0.29, 0.717) is 5.56 Å². The van der Waals surface area contributed by atoms with Crippen LogP contribution in [0.3, 0.4) is 0 Å². The van der Waals surface area contributed by atoms with Crippen LogP contribution in [-0.2, 0) is 19.6 Å². The number of carbonyl (C=O) groups excluding carboxylic acids is 2. The van der Waals surface area contributed by atoms with Gasteiger partial charge in [-0.15, -0.1) is 0 Å². The van der Waals surface area contributed by atoms with Crippen molar-refractivity contribution in [3.63, 3.8) is 0 Å². The number of anilines is 1. The molecule has 0 aromatic heterocycles. The molecule has 3 rings (SSSR count). The average molecular weight is 474 g/mol. The Labute approximate surface area is 189 Å². The number of esters is 1. The first-order chi connectivity index (χ1) is 15.7. The summed E-state index contributed by atoms with van der Waals surface area (Å²) >= 11 is 0. The van der Waals surface area contributed by atoms with Crippen LogP contribution in [0.5, 0.6) is 0 Å². The molecular weight excluding hydrogens is 454 g/mol. The van der Waals surface area contributed by atoms with E-state index in [4.69, 9.17) is 0 Å². The number of carbonyl (C=O) groups is 2. The van der Waals surface area contributed by atoms with Crippen molar-refractivity contribution in [1.82, 2.24) is 5.32 Å². The van der Waals surface area contributed by atoms with Crippen LogP contribution in [0.25, 0.3) is 0 Å². The molecule has 1 atom stereocenters. The molecule has 0 radical (unpaired) electrons. The van der Waals surface area contributed by atoms with Gasteiger partial charge in [0.2, 0.25) is 0 Å². The summed E-state index contributed by atoms with van der Waals surface area (Å²) in [5.74, 6) is -2.10. The van der Waals surface area contributed by atoms with E-state index in [1.165, 1.54) is 67.8 Å². The summed E-state index contributed by atoms with van der Waals surface area (Å²) < 4.78 is 58.3. The molecule has 0 bridgehead atoms. The van der Waals surface area contributed by atoms with E-state index in [1.807, 2.05) is 0 Å². The number of hydrogen-bond donors (Lipinski definition) is 2. The predicted molar refractivity (Wildman–Crippen MR) is 117 cm³/mol. The van der Waals surface area contributed by atoms with Gasteiger partial charge in [0.05, 0.1) is 24.5 Å². The second-order valence-electron chi connectivity index (χ2n) is 6.99. The number of methoxy groups -OCH3 is 1. The number of amides is 1. The number of nitrogens with one attached hydrogen (secondary N) is 2. The molecule has 1 amide bonds. The van der Waals surface area contributed by atoms with Gasteiger partial charge in [-0.1, -0.05) is 12.1 Å². The van der Waals surface area contributed by atoms with Gasteiger partial charge in [-0.25, -0.2) is 17.2 Å². The maximum absolute atomic E-state index is 13.2. The van der Waals surface area contributed by atoms with Crippen molar-refractivity contribution in [3.8, 4) is 0 Å². The fraction of sp³-hybridized carbons (Fsp3) is 0.130. The van der Waals surface area contributed by atoms with Gasteiger partial charge in [0, 0.05) is 11.3 Å². The van der Waals surface area contributed by atoms with Crippen molar-refractivity contribution in [2.24, 2.45) is 0 Å². The summed E-state index contributed by atoms with van der Waals surface area (Å²) in [5.41, 5.74) is 0.828. The van der Waals surface area contributed by atoms with Crippen LogP contribution in [-0.4, -0.2) is 27.4 Å². The third-order valence-corrected chi connectivity index (χ3v) is 6.10. The summed E-state index contributed by atoms with van der Waals surface area (Å²) in [6.45, 7) is 0. The zero-order chi connectivity index (χ0) is 24.0. The molecule has 0 aliphatic heterocycles. The molecule has 2 N–H and O–H groups in total. The minimum absolute atomic E-state index is 0.104. The number of sulfonamides is 1. The molecule has 33 heavy (non-hydrogen) atoms. The normalized spacial score (nSPS) is 12.0. The van der Waals surface area contributed by atoms with E-state index in [9.17, 15) is 26.8 Å². The van der Waals surface area contributed by atoms with Crippen LogP contribution >= 0.6 is 0 Å². The number of benzene rings is 3. The topological polar surface area (TPSA) is 102 Å². The molecule has 0 saturated carbocycles. The monoisotopic (exact) mass is 474 g/mol. The van der Waals surface area contributed by atoms with Crippen molar-refractivity contribution in [2.45, 2.75) is 17.4 Å². The molecule has 0 spiro atoms. The Morgan fingerprint density at radius 3 is 1.97 bits per heavy atom. The van der Waals surface area contributed by atoms with Crippen LogP contribution < -0.4 is 10.0 Å². The molecule has 1 unspecified atom stereocenters. The molecule has 7 nitrogen and oxygen atoms in total. The van der Waals surface area contributed by atoms with Crippen molar-refractivity contribution in [3.05, 3.63) is 95.6 Å². The first-order valence-corrected chi connectivity index (χ1v) is 11.2. The summed E-state index contributed by atoms with van der Waals surface area (Å²) in [5, 5.41) is 2.67. The molecular formula is C23H20F2N2O5S. The lowest BCUT2D eigenvalue weighted by molar-refractivity contribution is -0.141. The van der Waals surface area contributed by atoms with E-state index in [1.54, 1.807) is 0 Å². The molecule has 0 saturated heterocycles. The van der Waals surface area contributed by atoms with E-state index >= 15 is 0 Å². The Balaban J connectivity index is 1.75. The van der Waals surface area contributed by atoms with Crippen molar-refractivity contribution in [2.75, 3.05) is 11.8 Å². The zero-order valence-corrected chi connectivity index (χ0v) is 18.2. The molecule has 10 heteroatoms. The highest BCUT2D eigenvalue weighted by molar-refractivity contribution is 7.92.